The Kier molecular flexibility index (Phi) is 26.3. The Hall–Kier alpha value is -14.7. The molecule has 4 amide bonds. The topological polar surface area (TPSA) is 269 Å². The van der Waals surface area contributed by atoms with Gasteiger partial charge in [0.25, 0.3) is 29.7 Å². The van der Waals surface area contributed by atoms with Crippen molar-refractivity contribution < 1.29 is 135 Å². The Morgan fingerprint density at radius 1 is 0.323 bits per heavy atom. The Balaban J connectivity index is 1.17. The number of alkyl halides is 9. The van der Waals surface area contributed by atoms with Gasteiger partial charge in [0, 0.05) is 104 Å². The number of fused-ring (bicyclic) bond motifs is 2. The van der Waals surface area contributed by atoms with Crippen molar-refractivity contribution in [3.05, 3.63) is 286 Å². The average molecular weight is 1750 g/mol. The summed E-state index contributed by atoms with van der Waals surface area (Å²) in [5.74, 6) is -14.6. The standard InChI is InChI=1S/C96H77F9N2O20/c1-50(2)87(112)118-40-36-55-20-28-61(29-21-55)123-71-46-65-75-66(84(109)106(83(65)108)69(44-59-16-12-10-13-17-59)91(116)122-54(9)94(97,98)99)47-72(124-62-30-22-56(23-31-62)37-41-119-88(113)51(3)4)78-80-74(126-64-34-26-58(27-35-64)39-43-121-90(115)53(7)8)49-68-76-67(48-73(79(82(76)80)77(71)81(75)78)125-63-32-24-57(25-33-63)38-42-120-89(114)52(5)6)85(110)107(86(68)111)70(45-60-18-14-11-15-19-60)92(117)127-93(95(100,101)102)96(103,104)105/h10-35,46-49,54,69-70,93H,1,3,5,7,36-45H2,2,4,6,8-9H3. The summed E-state index contributed by atoms with van der Waals surface area (Å²) in [7, 11) is 0. The van der Waals surface area contributed by atoms with Crippen molar-refractivity contribution in [3.63, 3.8) is 0 Å². The fraction of sp³-hybridized carbons (Fsp3) is 0.229. The third-order valence-corrected chi connectivity index (χ3v) is 20.7. The average Bonchev–Trinajstić information content (AvgIpc) is 0.669. The second kappa shape index (κ2) is 37.0. The van der Waals surface area contributed by atoms with E-state index in [0.29, 0.717) is 34.1 Å². The maximum Gasteiger partial charge on any atom is 0.434 e. The number of hydrogen-bond donors (Lipinski definition) is 0. The highest BCUT2D eigenvalue weighted by atomic mass is 19.4. The fourth-order valence-electron chi connectivity index (χ4n) is 14.4. The van der Waals surface area contributed by atoms with Gasteiger partial charge in [-0.15, -0.1) is 0 Å². The van der Waals surface area contributed by atoms with Crippen LogP contribution in [0.25, 0.3) is 43.1 Å². The van der Waals surface area contributed by atoms with Gasteiger partial charge in [-0.3, -0.25) is 29.0 Å². The molecule has 13 rings (SSSR count). The van der Waals surface area contributed by atoms with Gasteiger partial charge in [-0.2, -0.15) is 39.5 Å². The first-order valence-corrected chi connectivity index (χ1v) is 39.4. The summed E-state index contributed by atoms with van der Waals surface area (Å²) in [6.45, 7) is 20.3. The van der Waals surface area contributed by atoms with Crippen LogP contribution < -0.4 is 18.9 Å². The first-order chi connectivity index (χ1) is 60.2. The van der Waals surface area contributed by atoms with Crippen molar-refractivity contribution in [2.75, 3.05) is 26.4 Å². The van der Waals surface area contributed by atoms with E-state index in [1.54, 1.807) is 54.6 Å². The zero-order chi connectivity index (χ0) is 91.4. The molecule has 0 aromatic heterocycles. The zero-order valence-electron chi connectivity index (χ0n) is 68.5. The zero-order valence-corrected chi connectivity index (χ0v) is 68.5. The first kappa shape index (κ1) is 90.1. The van der Waals surface area contributed by atoms with Gasteiger partial charge in [-0.1, -0.05) is 136 Å². The molecular formula is C96H77F9N2O20. The van der Waals surface area contributed by atoms with E-state index in [1.807, 2.05) is 0 Å². The lowest BCUT2D eigenvalue weighted by Crippen LogP contribution is -2.55. The Bertz CT molecular complexity index is 5950. The number of imide groups is 2. The lowest BCUT2D eigenvalue weighted by Gasteiger charge is -2.36. The highest BCUT2D eigenvalue weighted by molar-refractivity contribution is 6.45. The second-order valence-corrected chi connectivity index (χ2v) is 30.2. The minimum absolute atomic E-state index is 0.0172. The molecule has 0 saturated heterocycles. The lowest BCUT2D eigenvalue weighted by atomic mass is 9.80. The second-order valence-electron chi connectivity index (χ2n) is 30.2. The molecule has 0 spiro atoms. The summed E-state index contributed by atoms with van der Waals surface area (Å²) >= 11 is 0. The minimum Gasteiger partial charge on any atom is -0.462 e. The molecule has 0 fully saturated rings. The quantitative estimate of drug-likeness (QED) is 0.00689. The molecule has 127 heavy (non-hydrogen) atoms. The fourth-order valence-corrected chi connectivity index (χ4v) is 14.4. The Morgan fingerprint density at radius 3 is 0.795 bits per heavy atom. The van der Waals surface area contributed by atoms with Gasteiger partial charge in [-0.25, -0.2) is 28.8 Å². The Morgan fingerprint density at radius 2 is 0.567 bits per heavy atom. The maximum atomic E-state index is 16.5. The van der Waals surface area contributed by atoms with Crippen LogP contribution in [-0.2, 0) is 95.7 Å². The van der Waals surface area contributed by atoms with Crippen LogP contribution in [-0.4, -0.2) is 138 Å². The molecule has 22 nitrogen and oxygen atoms in total. The monoisotopic (exact) mass is 1750 g/mol. The first-order valence-electron chi connectivity index (χ1n) is 39.4. The number of carbonyl (C=O) groups is 10. The van der Waals surface area contributed by atoms with Gasteiger partial charge in [-0.05, 0) is 141 Å². The van der Waals surface area contributed by atoms with Crippen molar-refractivity contribution in [1.29, 1.82) is 0 Å². The highest BCUT2D eigenvalue weighted by Gasteiger charge is 2.61. The molecule has 2 aliphatic heterocycles. The van der Waals surface area contributed by atoms with Crippen molar-refractivity contribution in [3.8, 4) is 46.0 Å². The van der Waals surface area contributed by atoms with E-state index < -0.39 is 166 Å². The van der Waals surface area contributed by atoms with E-state index in [-0.39, 0.29) is 151 Å². The normalized spacial score (nSPS) is 13.4. The van der Waals surface area contributed by atoms with Gasteiger partial charge in [0.15, 0.2) is 6.10 Å². The van der Waals surface area contributed by atoms with Crippen molar-refractivity contribution in [1.82, 2.24) is 9.80 Å². The number of benzene rings is 11. The molecule has 31 heteroatoms. The predicted molar refractivity (Wildman–Crippen MR) is 444 cm³/mol. The summed E-state index contributed by atoms with van der Waals surface area (Å²) in [5, 5.41) is -2.08. The van der Waals surface area contributed by atoms with Gasteiger partial charge in [0.1, 0.15) is 58.1 Å². The van der Waals surface area contributed by atoms with Crippen molar-refractivity contribution >= 4 is 103 Å². The largest absolute Gasteiger partial charge is 0.462 e. The number of nitrogens with zero attached hydrogens (tertiary/aromatic N) is 2. The van der Waals surface area contributed by atoms with Crippen LogP contribution in [0.1, 0.15) is 109 Å². The number of hydrogen-bond acceptors (Lipinski definition) is 20. The number of ether oxygens (including phenoxy) is 10. The maximum absolute atomic E-state index is 16.5. The highest BCUT2D eigenvalue weighted by Crippen LogP contribution is 2.59. The molecule has 654 valence electrons. The number of rotatable bonds is 34. The molecule has 3 unspecified atom stereocenters. The summed E-state index contributed by atoms with van der Waals surface area (Å²) in [6, 6.07) is 38.2. The molecule has 0 bridgehead atoms. The van der Waals surface area contributed by atoms with E-state index in [0.717, 1.165) is 24.3 Å². The number of amides is 4. The van der Waals surface area contributed by atoms with Crippen molar-refractivity contribution in [2.45, 2.75) is 116 Å². The van der Waals surface area contributed by atoms with Crippen LogP contribution in [0.2, 0.25) is 0 Å². The SMILES string of the molecule is C=C(C)C(=O)OCCc1ccc(Oc2cc3c4c(cc(Oc5ccc(CCOC(=O)C(=C)C)cc5)c5c6c(Oc7ccc(CCOC(=O)C(=C)C)cc7)cc7c8c(cc(Oc9ccc(CCOC(=O)C(=C)C)cc9)c(c2c45)c86)C(=O)N(C(Cc2ccccc2)C(=O)OC(C(F)(F)F)C(F)(F)F)C7=O)C(=O)N(C(Cc2ccccc2)C(=O)OC(C)C(F)(F)F)C3=O)cc1. The smallest absolute Gasteiger partial charge is 0.434 e. The predicted octanol–water partition coefficient (Wildman–Crippen LogP) is 19.5. The molecule has 2 heterocycles. The van der Waals surface area contributed by atoms with Crippen LogP contribution in [0, 0.1) is 0 Å². The Labute approximate surface area is 718 Å². The molecular weight excluding hydrogens is 1670 g/mol. The van der Waals surface area contributed by atoms with Gasteiger partial charge in [0.05, 0.1) is 48.7 Å². The lowest BCUT2D eigenvalue weighted by molar-refractivity contribution is -0.314. The van der Waals surface area contributed by atoms with E-state index in [9.17, 15) is 68.3 Å². The summed E-state index contributed by atoms with van der Waals surface area (Å²) < 4.78 is 192. The van der Waals surface area contributed by atoms with Crippen LogP contribution in [0.15, 0.2) is 231 Å². The van der Waals surface area contributed by atoms with E-state index in [1.165, 1.54) is 131 Å². The summed E-state index contributed by atoms with van der Waals surface area (Å²) in [6.07, 6.45) is -26.6. The molecule has 0 saturated carbocycles. The van der Waals surface area contributed by atoms with Crippen LogP contribution >= 0.6 is 0 Å². The van der Waals surface area contributed by atoms with E-state index >= 15 is 19.2 Å². The summed E-state index contributed by atoms with van der Waals surface area (Å²) in [5.41, 5.74) is 0.567. The molecule has 3 atom stereocenters. The molecule has 11 aromatic carbocycles. The molecule has 0 N–H and O–H groups in total. The van der Waals surface area contributed by atoms with Crippen LogP contribution in [0.5, 0.6) is 46.0 Å². The van der Waals surface area contributed by atoms with Gasteiger partial charge >= 0.3 is 54.3 Å². The molecule has 2 aliphatic rings. The van der Waals surface area contributed by atoms with Crippen LogP contribution in [0.3, 0.4) is 0 Å². The van der Waals surface area contributed by atoms with Crippen LogP contribution in [0.4, 0.5) is 39.5 Å². The third kappa shape index (κ3) is 19.8. The van der Waals surface area contributed by atoms with Gasteiger partial charge < -0.3 is 47.4 Å². The molecule has 11 aromatic rings. The number of esters is 6. The third-order valence-electron chi connectivity index (χ3n) is 20.7. The van der Waals surface area contributed by atoms with Crippen molar-refractivity contribution in [2.24, 2.45) is 0 Å². The number of halogens is 9. The van der Waals surface area contributed by atoms with Gasteiger partial charge in [0.2, 0.25) is 0 Å². The van der Waals surface area contributed by atoms with E-state index in [2.05, 4.69) is 31.1 Å². The number of carbonyl (C=O) groups excluding carboxylic acids is 10. The molecule has 0 aliphatic carbocycles. The minimum atomic E-state index is -6.33. The summed E-state index contributed by atoms with van der Waals surface area (Å²) in [4.78, 5) is 147. The molecule has 0 radical (unpaired) electrons. The van der Waals surface area contributed by atoms with E-state index in [4.69, 9.17) is 42.6 Å².